The van der Waals surface area contributed by atoms with E-state index in [2.05, 4.69) is 15.0 Å². The van der Waals surface area contributed by atoms with E-state index in [0.717, 1.165) is 0 Å². The maximum absolute atomic E-state index is 11.4. The standard InChI is InChI=1S/C11H22N5O3P/c1-5-15(6-2)9-12-10(16(7-3)8-4)14-11(13-9)20(17,18)19/h5-8H2,1-4H3,(H2,17,18,19). The first-order valence-corrected chi connectivity index (χ1v) is 8.30. The molecule has 0 aliphatic heterocycles. The van der Waals surface area contributed by atoms with Crippen molar-refractivity contribution in [2.45, 2.75) is 27.7 Å². The molecule has 0 atom stereocenters. The van der Waals surface area contributed by atoms with Crippen molar-refractivity contribution in [3.8, 4) is 0 Å². The molecule has 1 rings (SSSR count). The molecule has 8 nitrogen and oxygen atoms in total. The maximum Gasteiger partial charge on any atom is 0.393 e. The molecular formula is C11H22N5O3P. The van der Waals surface area contributed by atoms with Gasteiger partial charge in [0.15, 0.2) is 0 Å². The zero-order chi connectivity index (χ0) is 15.3. The Labute approximate surface area is 119 Å². The lowest BCUT2D eigenvalue weighted by Crippen LogP contribution is -2.32. The van der Waals surface area contributed by atoms with Gasteiger partial charge >= 0.3 is 7.60 Å². The van der Waals surface area contributed by atoms with E-state index in [4.69, 9.17) is 0 Å². The van der Waals surface area contributed by atoms with Gasteiger partial charge in [0.25, 0.3) is 0 Å². The topological polar surface area (TPSA) is 103 Å². The number of hydrogen-bond donors (Lipinski definition) is 2. The molecule has 0 aromatic carbocycles. The van der Waals surface area contributed by atoms with Crippen molar-refractivity contribution in [2.75, 3.05) is 36.0 Å². The first-order valence-electron chi connectivity index (χ1n) is 6.69. The highest BCUT2D eigenvalue weighted by molar-refractivity contribution is 7.59. The predicted molar refractivity (Wildman–Crippen MR) is 78.6 cm³/mol. The number of nitrogens with zero attached hydrogens (tertiary/aromatic N) is 5. The number of hydrogen-bond acceptors (Lipinski definition) is 6. The molecule has 1 heterocycles. The number of anilines is 2. The van der Waals surface area contributed by atoms with Crippen LogP contribution in [0.25, 0.3) is 0 Å². The van der Waals surface area contributed by atoms with Gasteiger partial charge in [-0.25, -0.2) is 0 Å². The highest BCUT2D eigenvalue weighted by Gasteiger charge is 2.25. The minimum Gasteiger partial charge on any atom is -0.341 e. The Morgan fingerprint density at radius 1 is 0.850 bits per heavy atom. The summed E-state index contributed by atoms with van der Waals surface area (Å²) in [6.07, 6.45) is 0. The molecule has 0 amide bonds. The highest BCUT2D eigenvalue weighted by atomic mass is 31.2. The Kier molecular flexibility index (Phi) is 5.86. The lowest BCUT2D eigenvalue weighted by atomic mass is 10.5. The van der Waals surface area contributed by atoms with E-state index in [9.17, 15) is 14.4 Å². The third kappa shape index (κ3) is 3.88. The summed E-state index contributed by atoms with van der Waals surface area (Å²) >= 11 is 0. The summed E-state index contributed by atoms with van der Waals surface area (Å²) in [5.41, 5.74) is -0.476. The van der Waals surface area contributed by atoms with Crippen LogP contribution in [0.4, 0.5) is 11.9 Å². The van der Waals surface area contributed by atoms with Gasteiger partial charge in [-0.05, 0) is 27.7 Å². The molecule has 9 heteroatoms. The van der Waals surface area contributed by atoms with Crippen LogP contribution in [-0.4, -0.2) is 50.9 Å². The van der Waals surface area contributed by atoms with Crippen molar-refractivity contribution in [1.82, 2.24) is 15.0 Å². The third-order valence-corrected chi connectivity index (χ3v) is 3.67. The number of rotatable bonds is 7. The minimum atomic E-state index is -4.51. The van der Waals surface area contributed by atoms with Gasteiger partial charge in [-0.15, -0.1) is 0 Å². The molecule has 2 N–H and O–H groups in total. The number of aromatic nitrogens is 3. The molecule has 1 aromatic rings. The predicted octanol–water partition coefficient (Wildman–Crippen LogP) is 0.367. The van der Waals surface area contributed by atoms with Gasteiger partial charge in [-0.3, -0.25) is 4.57 Å². The van der Waals surface area contributed by atoms with Crippen molar-refractivity contribution in [1.29, 1.82) is 0 Å². The zero-order valence-electron chi connectivity index (χ0n) is 12.3. The molecule has 0 saturated carbocycles. The molecule has 0 saturated heterocycles. The quantitative estimate of drug-likeness (QED) is 0.696. The lowest BCUT2D eigenvalue weighted by Gasteiger charge is -2.23. The van der Waals surface area contributed by atoms with Gasteiger partial charge in [0, 0.05) is 26.2 Å². The van der Waals surface area contributed by atoms with Crippen LogP contribution in [0, 0.1) is 0 Å². The minimum absolute atomic E-state index is 0.297. The second-order valence-electron chi connectivity index (χ2n) is 4.12. The Morgan fingerprint density at radius 3 is 1.45 bits per heavy atom. The van der Waals surface area contributed by atoms with E-state index >= 15 is 0 Å². The van der Waals surface area contributed by atoms with Crippen LogP contribution < -0.4 is 15.4 Å². The largest absolute Gasteiger partial charge is 0.393 e. The van der Waals surface area contributed by atoms with E-state index in [1.165, 1.54) is 0 Å². The fourth-order valence-corrected chi connectivity index (χ4v) is 2.21. The molecule has 0 unspecified atom stereocenters. The fourth-order valence-electron chi connectivity index (χ4n) is 1.77. The summed E-state index contributed by atoms with van der Waals surface area (Å²) in [4.78, 5) is 34.4. The Morgan fingerprint density at radius 2 is 1.20 bits per heavy atom. The molecule has 0 bridgehead atoms. The molecule has 0 radical (unpaired) electrons. The first-order chi connectivity index (χ1) is 9.37. The fraction of sp³-hybridized carbons (Fsp3) is 0.727. The summed E-state index contributed by atoms with van der Waals surface area (Å²) in [7, 11) is -4.51. The lowest BCUT2D eigenvalue weighted by molar-refractivity contribution is 0.384. The first kappa shape index (κ1) is 16.8. The molecule has 0 spiro atoms. The van der Waals surface area contributed by atoms with Gasteiger partial charge in [-0.1, -0.05) is 0 Å². The van der Waals surface area contributed by atoms with Gasteiger partial charge in [-0.2, -0.15) is 15.0 Å². The average molecular weight is 303 g/mol. The van der Waals surface area contributed by atoms with E-state index in [0.29, 0.717) is 38.1 Å². The molecule has 0 aliphatic rings. The molecule has 20 heavy (non-hydrogen) atoms. The van der Waals surface area contributed by atoms with Gasteiger partial charge in [0.2, 0.25) is 17.5 Å². The van der Waals surface area contributed by atoms with E-state index in [-0.39, 0.29) is 0 Å². The van der Waals surface area contributed by atoms with Crippen LogP contribution >= 0.6 is 7.60 Å². The van der Waals surface area contributed by atoms with Crippen molar-refractivity contribution in [3.05, 3.63) is 0 Å². The van der Waals surface area contributed by atoms with Crippen LogP contribution in [0.3, 0.4) is 0 Å². The molecule has 114 valence electrons. The van der Waals surface area contributed by atoms with E-state index < -0.39 is 13.2 Å². The van der Waals surface area contributed by atoms with Crippen molar-refractivity contribution < 1.29 is 14.4 Å². The van der Waals surface area contributed by atoms with Crippen LogP contribution in [0.15, 0.2) is 0 Å². The van der Waals surface area contributed by atoms with Gasteiger partial charge in [0.05, 0.1) is 0 Å². The monoisotopic (exact) mass is 303 g/mol. The third-order valence-electron chi connectivity index (χ3n) is 2.95. The Balaban J connectivity index is 3.38. The highest BCUT2D eigenvalue weighted by Crippen LogP contribution is 2.32. The molecule has 1 aromatic heterocycles. The maximum atomic E-state index is 11.4. The van der Waals surface area contributed by atoms with Crippen LogP contribution in [0.2, 0.25) is 0 Å². The Bertz CT molecular complexity index is 455. The van der Waals surface area contributed by atoms with Crippen LogP contribution in [0.5, 0.6) is 0 Å². The molecule has 0 aliphatic carbocycles. The van der Waals surface area contributed by atoms with Crippen LogP contribution in [0.1, 0.15) is 27.7 Å². The summed E-state index contributed by atoms with van der Waals surface area (Å²) in [6.45, 7) is 10.3. The summed E-state index contributed by atoms with van der Waals surface area (Å²) in [5, 5.41) is 0. The van der Waals surface area contributed by atoms with Crippen molar-refractivity contribution in [2.24, 2.45) is 0 Å². The summed E-state index contributed by atoms with van der Waals surface area (Å²) in [5.74, 6) is 0.593. The molecular weight excluding hydrogens is 281 g/mol. The summed E-state index contributed by atoms with van der Waals surface area (Å²) < 4.78 is 11.4. The second kappa shape index (κ2) is 6.97. The Hall–Kier alpha value is -1.24. The smallest absolute Gasteiger partial charge is 0.341 e. The summed E-state index contributed by atoms with van der Waals surface area (Å²) in [6, 6.07) is 0. The van der Waals surface area contributed by atoms with Gasteiger partial charge in [0.1, 0.15) is 0 Å². The van der Waals surface area contributed by atoms with Gasteiger partial charge < -0.3 is 19.6 Å². The SMILES string of the molecule is CCN(CC)c1nc(N(CC)CC)nc(P(=O)(O)O)n1. The molecule has 0 fully saturated rings. The van der Waals surface area contributed by atoms with Crippen LogP contribution in [-0.2, 0) is 4.57 Å². The van der Waals surface area contributed by atoms with E-state index in [1.807, 2.05) is 37.5 Å². The average Bonchev–Trinajstić information content (AvgIpc) is 2.40. The van der Waals surface area contributed by atoms with Crippen molar-refractivity contribution in [3.63, 3.8) is 0 Å². The van der Waals surface area contributed by atoms with E-state index in [1.54, 1.807) is 0 Å². The second-order valence-corrected chi connectivity index (χ2v) is 5.61. The van der Waals surface area contributed by atoms with Crippen molar-refractivity contribution >= 4 is 25.1 Å². The zero-order valence-corrected chi connectivity index (χ0v) is 13.2. The normalized spacial score (nSPS) is 11.5.